The molecule has 2 aromatic rings. The molecule has 0 saturated carbocycles. The Morgan fingerprint density at radius 2 is 1.60 bits per heavy atom. The normalized spacial score (nSPS) is 10.3. The molecule has 2 rings (SSSR count). The molecule has 132 valence electrons. The van der Waals surface area contributed by atoms with Gasteiger partial charge in [0.2, 0.25) is 5.91 Å². The van der Waals surface area contributed by atoms with Gasteiger partial charge in [-0.3, -0.25) is 4.79 Å². The number of amides is 1. The van der Waals surface area contributed by atoms with E-state index in [0.29, 0.717) is 23.7 Å². The number of thioether (sulfide) groups is 1. The summed E-state index contributed by atoms with van der Waals surface area (Å²) >= 11 is 1.54. The lowest BCUT2D eigenvalue weighted by Gasteiger charge is -2.07. The Balaban J connectivity index is 1.75. The van der Waals surface area contributed by atoms with Crippen molar-refractivity contribution in [1.29, 1.82) is 0 Å². The third-order valence-corrected chi connectivity index (χ3v) is 4.62. The number of benzene rings is 2. The summed E-state index contributed by atoms with van der Waals surface area (Å²) < 4.78 is 4.95. The van der Waals surface area contributed by atoms with Crippen molar-refractivity contribution in [2.75, 3.05) is 17.7 Å². The van der Waals surface area contributed by atoms with Crippen molar-refractivity contribution in [3.8, 4) is 0 Å². The first kappa shape index (κ1) is 19.1. The Morgan fingerprint density at radius 1 is 0.960 bits per heavy atom. The number of nitrogens with one attached hydrogen (secondary N) is 1. The molecule has 4 nitrogen and oxygen atoms in total. The number of anilines is 1. The van der Waals surface area contributed by atoms with E-state index in [-0.39, 0.29) is 11.9 Å². The highest BCUT2D eigenvalue weighted by Crippen LogP contribution is 2.15. The zero-order valence-electron chi connectivity index (χ0n) is 14.6. The van der Waals surface area contributed by atoms with E-state index in [4.69, 9.17) is 4.74 Å². The summed E-state index contributed by atoms with van der Waals surface area (Å²) in [6.45, 7) is 4.25. The van der Waals surface area contributed by atoms with Crippen LogP contribution in [-0.2, 0) is 21.7 Å². The molecule has 0 heterocycles. The monoisotopic (exact) mass is 357 g/mol. The number of rotatable bonds is 8. The van der Waals surface area contributed by atoms with Gasteiger partial charge < -0.3 is 10.1 Å². The van der Waals surface area contributed by atoms with Crippen LogP contribution in [0.4, 0.5) is 5.69 Å². The second kappa shape index (κ2) is 9.89. The van der Waals surface area contributed by atoms with E-state index in [1.807, 2.05) is 36.4 Å². The van der Waals surface area contributed by atoms with Crippen LogP contribution < -0.4 is 5.32 Å². The van der Waals surface area contributed by atoms with Crippen molar-refractivity contribution in [3.63, 3.8) is 0 Å². The van der Waals surface area contributed by atoms with Gasteiger partial charge >= 0.3 is 5.97 Å². The largest absolute Gasteiger partial charge is 0.462 e. The third kappa shape index (κ3) is 6.27. The molecule has 0 fully saturated rings. The van der Waals surface area contributed by atoms with Crippen LogP contribution in [0.15, 0.2) is 48.5 Å². The molecule has 5 heteroatoms. The van der Waals surface area contributed by atoms with Crippen molar-refractivity contribution in [2.24, 2.45) is 0 Å². The summed E-state index contributed by atoms with van der Waals surface area (Å²) in [4.78, 5) is 23.6. The Kier molecular flexibility index (Phi) is 7.54. The summed E-state index contributed by atoms with van der Waals surface area (Å²) in [7, 11) is 0. The first-order valence-electron chi connectivity index (χ1n) is 8.35. The number of esters is 1. The molecule has 0 radical (unpaired) electrons. The number of carbonyl (C=O) groups is 2. The Bertz CT molecular complexity index is 696. The lowest BCUT2D eigenvalue weighted by molar-refractivity contribution is -0.113. The minimum absolute atomic E-state index is 0.0163. The van der Waals surface area contributed by atoms with Gasteiger partial charge in [-0.25, -0.2) is 4.79 Å². The fourth-order valence-corrected chi connectivity index (χ4v) is 3.02. The molecule has 0 aliphatic carbocycles. The van der Waals surface area contributed by atoms with Crippen molar-refractivity contribution in [3.05, 3.63) is 65.2 Å². The maximum atomic E-state index is 12.0. The number of carbonyl (C=O) groups excluding carboxylic acids is 2. The van der Waals surface area contributed by atoms with Gasteiger partial charge in [-0.2, -0.15) is 0 Å². The summed E-state index contributed by atoms with van der Waals surface area (Å²) in [6.07, 6.45) is 0.985. The number of aryl methyl sites for hydroxylation is 1. The van der Waals surface area contributed by atoms with Crippen LogP contribution in [0.25, 0.3) is 0 Å². The molecule has 1 amide bonds. The summed E-state index contributed by atoms with van der Waals surface area (Å²) in [5, 5.41) is 2.90. The van der Waals surface area contributed by atoms with E-state index in [9.17, 15) is 9.59 Å². The molecular formula is C20H23NO3S. The molecular weight excluding hydrogens is 334 g/mol. The van der Waals surface area contributed by atoms with E-state index in [1.165, 1.54) is 17.3 Å². The maximum Gasteiger partial charge on any atom is 0.338 e. The van der Waals surface area contributed by atoms with Crippen molar-refractivity contribution in [2.45, 2.75) is 26.0 Å². The van der Waals surface area contributed by atoms with E-state index in [0.717, 1.165) is 17.7 Å². The second-order valence-corrected chi connectivity index (χ2v) is 6.49. The third-order valence-electron chi connectivity index (χ3n) is 3.61. The molecule has 0 unspecified atom stereocenters. The van der Waals surface area contributed by atoms with Crippen molar-refractivity contribution >= 4 is 29.3 Å². The van der Waals surface area contributed by atoms with E-state index < -0.39 is 0 Å². The van der Waals surface area contributed by atoms with Gasteiger partial charge in [-0.05, 0) is 48.7 Å². The zero-order chi connectivity index (χ0) is 18.1. The highest BCUT2D eigenvalue weighted by Gasteiger charge is 2.07. The lowest BCUT2D eigenvalue weighted by atomic mass is 10.1. The molecule has 0 bridgehead atoms. The van der Waals surface area contributed by atoms with Crippen LogP contribution in [0.5, 0.6) is 0 Å². The minimum Gasteiger partial charge on any atom is -0.462 e. The first-order valence-corrected chi connectivity index (χ1v) is 9.50. The lowest BCUT2D eigenvalue weighted by Crippen LogP contribution is -2.14. The highest BCUT2D eigenvalue weighted by molar-refractivity contribution is 7.99. The fourth-order valence-electron chi connectivity index (χ4n) is 2.23. The molecule has 0 aliphatic rings. The summed E-state index contributed by atoms with van der Waals surface area (Å²) in [5.74, 6) is 0.771. The average Bonchev–Trinajstić information content (AvgIpc) is 2.63. The van der Waals surface area contributed by atoms with E-state index in [2.05, 4.69) is 12.2 Å². The molecule has 0 atom stereocenters. The Labute approximate surface area is 153 Å². The van der Waals surface area contributed by atoms with Crippen LogP contribution in [-0.4, -0.2) is 24.2 Å². The predicted octanol–water partition coefficient (Wildman–Crippen LogP) is 4.30. The van der Waals surface area contributed by atoms with Gasteiger partial charge in [0.15, 0.2) is 0 Å². The highest BCUT2D eigenvalue weighted by atomic mass is 32.2. The number of hydrogen-bond acceptors (Lipinski definition) is 4. The second-order valence-electron chi connectivity index (χ2n) is 5.51. The number of hydrogen-bond donors (Lipinski definition) is 1. The van der Waals surface area contributed by atoms with Gasteiger partial charge in [0.05, 0.1) is 17.9 Å². The molecule has 0 saturated heterocycles. The topological polar surface area (TPSA) is 55.4 Å². The molecule has 1 N–H and O–H groups in total. The SMILES string of the molecule is CCOC(=O)c1ccc(CSCC(=O)Nc2ccc(CC)cc2)cc1. The van der Waals surface area contributed by atoms with E-state index in [1.54, 1.807) is 19.1 Å². The molecule has 0 aromatic heterocycles. The van der Waals surface area contributed by atoms with Gasteiger partial charge in [0.25, 0.3) is 0 Å². The van der Waals surface area contributed by atoms with Crippen LogP contribution in [0.1, 0.15) is 35.3 Å². The molecule has 0 spiro atoms. The summed E-state index contributed by atoms with van der Waals surface area (Å²) in [6, 6.07) is 15.2. The standard InChI is InChI=1S/C20H23NO3S/c1-3-15-7-11-18(12-8-15)21-19(22)14-25-13-16-5-9-17(10-6-16)20(23)24-4-2/h5-12H,3-4,13-14H2,1-2H3,(H,21,22). The molecule has 0 aliphatic heterocycles. The van der Waals surface area contributed by atoms with Crippen molar-refractivity contribution < 1.29 is 14.3 Å². The van der Waals surface area contributed by atoms with Crippen LogP contribution in [0.3, 0.4) is 0 Å². The Hall–Kier alpha value is -2.27. The van der Waals surface area contributed by atoms with Crippen LogP contribution in [0.2, 0.25) is 0 Å². The number of ether oxygens (including phenoxy) is 1. The Morgan fingerprint density at radius 3 is 2.20 bits per heavy atom. The van der Waals surface area contributed by atoms with Gasteiger partial charge in [-0.1, -0.05) is 31.2 Å². The van der Waals surface area contributed by atoms with Crippen LogP contribution >= 0.6 is 11.8 Å². The fraction of sp³-hybridized carbons (Fsp3) is 0.300. The quantitative estimate of drug-likeness (QED) is 0.716. The van der Waals surface area contributed by atoms with E-state index >= 15 is 0 Å². The smallest absolute Gasteiger partial charge is 0.338 e. The van der Waals surface area contributed by atoms with Gasteiger partial charge in [0.1, 0.15) is 0 Å². The zero-order valence-corrected chi connectivity index (χ0v) is 15.4. The van der Waals surface area contributed by atoms with Gasteiger partial charge in [0, 0.05) is 11.4 Å². The molecule has 25 heavy (non-hydrogen) atoms. The van der Waals surface area contributed by atoms with Crippen LogP contribution in [0, 0.1) is 0 Å². The summed E-state index contributed by atoms with van der Waals surface area (Å²) in [5.41, 5.74) is 3.68. The molecule has 2 aromatic carbocycles. The minimum atomic E-state index is -0.310. The maximum absolute atomic E-state index is 12.0. The van der Waals surface area contributed by atoms with Crippen molar-refractivity contribution in [1.82, 2.24) is 0 Å². The predicted molar refractivity (Wildman–Crippen MR) is 103 cm³/mol. The van der Waals surface area contributed by atoms with Gasteiger partial charge in [-0.15, -0.1) is 11.8 Å². The first-order chi connectivity index (χ1) is 12.1. The average molecular weight is 357 g/mol.